The van der Waals surface area contributed by atoms with E-state index < -0.39 is 6.17 Å². The number of aromatic amines is 1. The van der Waals surface area contributed by atoms with Crippen molar-refractivity contribution in [2.75, 3.05) is 36.4 Å². The highest BCUT2D eigenvalue weighted by Crippen LogP contribution is 2.33. The molecular formula is C24H29FN8S. The van der Waals surface area contributed by atoms with Gasteiger partial charge < -0.3 is 10.2 Å². The molecule has 0 unspecified atom stereocenters. The van der Waals surface area contributed by atoms with Gasteiger partial charge in [0.2, 0.25) is 0 Å². The zero-order valence-electron chi connectivity index (χ0n) is 18.8. The number of hydrogen-bond donors (Lipinski definition) is 2. The molecule has 2 aliphatic rings. The van der Waals surface area contributed by atoms with Gasteiger partial charge >= 0.3 is 0 Å². The Kier molecular flexibility index (Phi) is 5.54. The van der Waals surface area contributed by atoms with E-state index in [9.17, 15) is 4.39 Å². The van der Waals surface area contributed by atoms with E-state index in [1.165, 1.54) is 11.8 Å². The third kappa shape index (κ3) is 4.43. The summed E-state index contributed by atoms with van der Waals surface area (Å²) in [6.07, 6.45) is 1.75. The van der Waals surface area contributed by atoms with Crippen molar-refractivity contribution in [3.63, 3.8) is 0 Å². The molecule has 0 bridgehead atoms. The Morgan fingerprint density at radius 3 is 2.82 bits per heavy atom. The molecule has 34 heavy (non-hydrogen) atoms. The Balaban J connectivity index is 0.00000152. The van der Waals surface area contributed by atoms with Gasteiger partial charge in [0.25, 0.3) is 0 Å². The van der Waals surface area contributed by atoms with Crippen LogP contribution >= 0.6 is 11.8 Å². The molecular weight excluding hydrogens is 451 g/mol. The number of fused-ring (bicyclic) bond motifs is 1. The van der Waals surface area contributed by atoms with Crippen LogP contribution in [-0.2, 0) is 0 Å². The standard InChI is InChI=1S/C24H25FN8S.2H2/c1-15-9-22(31-30-15)27-21-11-23(33-13-18(14-33)32-8-6-17(25)12-32)29-24(28-21)34-19-4-5-20-16(10-19)3-2-7-26-20;;/h2-5,7,9-11,17-18H,6,8,12-14H2,1H3,(H2,27,28,29,30,31);2*1H/t17-;;/m0../s1. The van der Waals surface area contributed by atoms with Crippen LogP contribution in [0.25, 0.3) is 10.9 Å². The normalized spacial score (nSPS) is 19.0. The quantitative estimate of drug-likeness (QED) is 0.385. The molecule has 6 rings (SSSR count). The van der Waals surface area contributed by atoms with Crippen LogP contribution in [-0.4, -0.2) is 68.4 Å². The molecule has 2 N–H and O–H groups in total. The summed E-state index contributed by atoms with van der Waals surface area (Å²) in [7, 11) is 0. The Hall–Kier alpha value is -3.24. The second-order valence-electron chi connectivity index (χ2n) is 8.85. The van der Waals surface area contributed by atoms with Crippen LogP contribution in [0, 0.1) is 6.92 Å². The van der Waals surface area contributed by atoms with E-state index in [1.54, 1.807) is 6.20 Å². The number of anilines is 3. The summed E-state index contributed by atoms with van der Waals surface area (Å²) in [6.45, 7) is 5.03. The van der Waals surface area contributed by atoms with Crippen LogP contribution in [0.5, 0.6) is 0 Å². The number of alkyl halides is 1. The van der Waals surface area contributed by atoms with Crippen molar-refractivity contribution in [1.82, 2.24) is 30.0 Å². The number of benzene rings is 1. The fourth-order valence-corrected chi connectivity index (χ4v) is 5.28. The van der Waals surface area contributed by atoms with Crippen LogP contribution in [0.2, 0.25) is 0 Å². The zero-order chi connectivity index (χ0) is 23.1. The largest absolute Gasteiger partial charge is 0.353 e. The van der Waals surface area contributed by atoms with Crippen molar-refractivity contribution >= 4 is 40.1 Å². The molecule has 178 valence electrons. The predicted molar refractivity (Wildman–Crippen MR) is 136 cm³/mol. The van der Waals surface area contributed by atoms with Crippen molar-refractivity contribution in [3.05, 3.63) is 54.4 Å². The molecule has 0 spiro atoms. The summed E-state index contributed by atoms with van der Waals surface area (Å²) < 4.78 is 13.6. The highest BCUT2D eigenvalue weighted by molar-refractivity contribution is 7.99. The van der Waals surface area contributed by atoms with E-state index in [-0.39, 0.29) is 2.85 Å². The van der Waals surface area contributed by atoms with E-state index in [0.29, 0.717) is 35.8 Å². The van der Waals surface area contributed by atoms with Crippen LogP contribution in [0.15, 0.2) is 58.7 Å². The summed E-state index contributed by atoms with van der Waals surface area (Å²) in [4.78, 5) is 19.5. The maximum atomic E-state index is 13.6. The maximum Gasteiger partial charge on any atom is 0.196 e. The van der Waals surface area contributed by atoms with E-state index >= 15 is 0 Å². The van der Waals surface area contributed by atoms with Gasteiger partial charge in [-0.25, -0.2) is 14.4 Å². The molecule has 2 saturated heterocycles. The van der Waals surface area contributed by atoms with E-state index in [2.05, 4.69) is 42.4 Å². The molecule has 10 heteroatoms. The van der Waals surface area contributed by atoms with Crippen LogP contribution in [0.1, 0.15) is 15.0 Å². The minimum absolute atomic E-state index is 0. The Bertz CT molecular complexity index is 1330. The smallest absolute Gasteiger partial charge is 0.196 e. The lowest BCUT2D eigenvalue weighted by Gasteiger charge is -2.44. The molecule has 0 saturated carbocycles. The minimum Gasteiger partial charge on any atom is -0.353 e. The number of likely N-dealkylation sites (tertiary alicyclic amines) is 1. The third-order valence-corrected chi connectivity index (χ3v) is 7.16. The van der Waals surface area contributed by atoms with Gasteiger partial charge in [0.15, 0.2) is 11.0 Å². The first kappa shape index (κ1) is 21.3. The van der Waals surface area contributed by atoms with E-state index in [0.717, 1.165) is 46.9 Å². The van der Waals surface area contributed by atoms with Crippen molar-refractivity contribution in [2.24, 2.45) is 0 Å². The van der Waals surface area contributed by atoms with Gasteiger partial charge in [0, 0.05) is 69.4 Å². The first-order chi connectivity index (χ1) is 16.6. The summed E-state index contributed by atoms with van der Waals surface area (Å²) in [5, 5.41) is 12.2. The van der Waals surface area contributed by atoms with Crippen molar-refractivity contribution in [3.8, 4) is 0 Å². The molecule has 0 amide bonds. The molecule has 2 aliphatic heterocycles. The van der Waals surface area contributed by atoms with Crippen molar-refractivity contribution < 1.29 is 7.24 Å². The van der Waals surface area contributed by atoms with Crippen molar-refractivity contribution in [1.29, 1.82) is 0 Å². The Morgan fingerprint density at radius 2 is 2.03 bits per heavy atom. The van der Waals surface area contributed by atoms with Crippen LogP contribution in [0.3, 0.4) is 0 Å². The predicted octanol–water partition coefficient (Wildman–Crippen LogP) is 4.68. The monoisotopic (exact) mass is 480 g/mol. The molecule has 5 heterocycles. The van der Waals surface area contributed by atoms with Gasteiger partial charge in [0.1, 0.15) is 17.8 Å². The number of nitrogens with one attached hydrogen (secondary N) is 2. The first-order valence-electron chi connectivity index (χ1n) is 11.4. The number of rotatable bonds is 6. The number of pyridine rings is 1. The molecule has 0 aliphatic carbocycles. The molecule has 0 radical (unpaired) electrons. The highest BCUT2D eigenvalue weighted by Gasteiger charge is 2.36. The van der Waals surface area contributed by atoms with E-state index in [4.69, 9.17) is 9.97 Å². The van der Waals surface area contributed by atoms with Gasteiger partial charge in [0.05, 0.1) is 5.52 Å². The van der Waals surface area contributed by atoms with Gasteiger partial charge in [-0.2, -0.15) is 5.10 Å². The number of nitrogens with zero attached hydrogens (tertiary/aromatic N) is 6. The minimum atomic E-state index is -0.693. The zero-order valence-corrected chi connectivity index (χ0v) is 19.6. The van der Waals surface area contributed by atoms with Gasteiger partial charge in [-0.15, -0.1) is 0 Å². The van der Waals surface area contributed by atoms with E-state index in [1.807, 2.05) is 37.3 Å². The fraction of sp³-hybridized carbons (Fsp3) is 0.333. The highest BCUT2D eigenvalue weighted by atomic mass is 32.2. The molecule has 1 atom stereocenters. The molecule has 3 aromatic heterocycles. The summed E-state index contributed by atoms with van der Waals surface area (Å²) in [6, 6.07) is 14.4. The SMILES string of the molecule is Cc1cc(Nc2cc(N3CC(N4CC[C@H](F)C4)C3)nc(Sc3ccc4ncccc4c3)n2)n[nH]1.[HH].[HH]. The number of H-pyrrole nitrogens is 1. The summed E-state index contributed by atoms with van der Waals surface area (Å²) in [5.74, 6) is 2.26. The number of aryl methyl sites for hydroxylation is 1. The number of halogens is 1. The van der Waals surface area contributed by atoms with Gasteiger partial charge in [-0.3, -0.25) is 15.0 Å². The number of aromatic nitrogens is 5. The van der Waals surface area contributed by atoms with Crippen LogP contribution in [0.4, 0.5) is 21.8 Å². The van der Waals surface area contributed by atoms with Gasteiger partial charge in [-0.1, -0.05) is 6.07 Å². The van der Waals surface area contributed by atoms with Crippen molar-refractivity contribution in [2.45, 2.75) is 35.6 Å². The topological polar surface area (TPSA) is 85.9 Å². The van der Waals surface area contributed by atoms with Gasteiger partial charge in [-0.05, 0) is 49.4 Å². The molecule has 8 nitrogen and oxygen atoms in total. The molecule has 2 fully saturated rings. The lowest BCUT2D eigenvalue weighted by Crippen LogP contribution is -2.59. The molecule has 4 aromatic rings. The second kappa shape index (κ2) is 8.84. The number of hydrogen-bond acceptors (Lipinski definition) is 8. The second-order valence-corrected chi connectivity index (χ2v) is 9.90. The Labute approximate surface area is 204 Å². The molecule has 1 aromatic carbocycles. The fourth-order valence-electron chi connectivity index (χ4n) is 4.47. The lowest BCUT2D eigenvalue weighted by atomic mass is 10.1. The lowest BCUT2D eigenvalue weighted by molar-refractivity contribution is 0.188. The average molecular weight is 481 g/mol. The third-order valence-electron chi connectivity index (χ3n) is 6.30. The maximum absolute atomic E-state index is 13.6. The Morgan fingerprint density at radius 1 is 1.12 bits per heavy atom. The van der Waals surface area contributed by atoms with Crippen LogP contribution < -0.4 is 10.2 Å². The average Bonchev–Trinajstić information content (AvgIpc) is 3.40. The summed E-state index contributed by atoms with van der Waals surface area (Å²) in [5.41, 5.74) is 1.93. The summed E-state index contributed by atoms with van der Waals surface area (Å²) >= 11 is 1.52. The first-order valence-corrected chi connectivity index (χ1v) is 12.2.